The van der Waals surface area contributed by atoms with E-state index in [1.165, 1.54) is 18.4 Å². The molecular weight excluding hydrogens is 342 g/mol. The monoisotopic (exact) mass is 355 g/mol. The maximum absolute atomic E-state index is 11.3. The number of nitrogens with two attached hydrogens (primary N) is 1. The smallest absolute Gasteiger partial charge is 0.175 e. The van der Waals surface area contributed by atoms with Crippen LogP contribution >= 0.6 is 15.9 Å². The van der Waals surface area contributed by atoms with Gasteiger partial charge >= 0.3 is 0 Å². The van der Waals surface area contributed by atoms with Gasteiger partial charge in [0.25, 0.3) is 0 Å². The Hall–Kier alpha value is -1.53. The fraction of sp³-hybridized carbons (Fsp3) is 0.143. The number of rotatable bonds is 4. The highest BCUT2D eigenvalue weighted by molar-refractivity contribution is 9.10. The van der Waals surface area contributed by atoms with Crippen LogP contribution < -0.4 is 10.5 Å². The van der Waals surface area contributed by atoms with Crippen LogP contribution in [0.5, 0.6) is 5.75 Å². The lowest BCUT2D eigenvalue weighted by Gasteiger charge is -2.10. The Morgan fingerprint density at radius 3 is 2.35 bits per heavy atom. The fourth-order valence-corrected chi connectivity index (χ4v) is 2.79. The van der Waals surface area contributed by atoms with Gasteiger partial charge in [-0.25, -0.2) is 8.42 Å². The molecule has 0 aromatic heterocycles. The van der Waals surface area contributed by atoms with Crippen LogP contribution in [0.3, 0.4) is 0 Å². The van der Waals surface area contributed by atoms with Gasteiger partial charge in [0.2, 0.25) is 0 Å². The van der Waals surface area contributed by atoms with Gasteiger partial charge in [0.1, 0.15) is 12.4 Å². The first-order valence-corrected chi connectivity index (χ1v) is 8.52. The Labute approximate surface area is 126 Å². The third kappa shape index (κ3) is 3.52. The highest BCUT2D eigenvalue weighted by Crippen LogP contribution is 2.24. The van der Waals surface area contributed by atoms with Gasteiger partial charge < -0.3 is 10.5 Å². The standard InChI is InChI=1S/C14H14BrNO3S/c1-20(17,18)11-7-5-10(6-8-11)19-9-12-13(15)3-2-4-14(12)16/h2-8H,9,16H2,1H3. The van der Waals surface area contributed by atoms with Crippen LogP contribution in [0.25, 0.3) is 0 Å². The van der Waals surface area contributed by atoms with Crippen molar-refractivity contribution in [2.24, 2.45) is 0 Å². The first-order valence-electron chi connectivity index (χ1n) is 5.84. The van der Waals surface area contributed by atoms with E-state index < -0.39 is 9.84 Å². The van der Waals surface area contributed by atoms with Crippen molar-refractivity contribution in [3.8, 4) is 5.75 Å². The third-order valence-corrected chi connectivity index (χ3v) is 4.66. The molecule has 0 spiro atoms. The summed E-state index contributed by atoms with van der Waals surface area (Å²) in [5, 5.41) is 0. The SMILES string of the molecule is CS(=O)(=O)c1ccc(OCc2c(N)cccc2Br)cc1. The second-order valence-corrected chi connectivity index (χ2v) is 7.21. The lowest BCUT2D eigenvalue weighted by atomic mass is 10.2. The van der Waals surface area contributed by atoms with Gasteiger partial charge in [0, 0.05) is 22.0 Å². The topological polar surface area (TPSA) is 69.4 Å². The van der Waals surface area contributed by atoms with Crippen molar-refractivity contribution in [1.82, 2.24) is 0 Å². The summed E-state index contributed by atoms with van der Waals surface area (Å²) in [4.78, 5) is 0.269. The molecular formula is C14H14BrNO3S. The zero-order chi connectivity index (χ0) is 14.8. The van der Waals surface area contributed by atoms with Gasteiger partial charge in [-0.3, -0.25) is 0 Å². The molecule has 2 aromatic carbocycles. The minimum absolute atomic E-state index is 0.269. The summed E-state index contributed by atoms with van der Waals surface area (Å²) in [6.07, 6.45) is 1.17. The molecule has 0 bridgehead atoms. The van der Waals surface area contributed by atoms with E-state index in [2.05, 4.69) is 15.9 Å². The molecule has 2 N–H and O–H groups in total. The summed E-state index contributed by atoms with van der Waals surface area (Å²) in [6.45, 7) is 0.311. The number of sulfone groups is 1. The second kappa shape index (κ2) is 5.85. The van der Waals surface area contributed by atoms with Crippen LogP contribution in [0.2, 0.25) is 0 Å². The number of anilines is 1. The molecule has 0 aliphatic rings. The minimum atomic E-state index is -3.18. The number of hydrogen-bond acceptors (Lipinski definition) is 4. The van der Waals surface area contributed by atoms with E-state index >= 15 is 0 Å². The Morgan fingerprint density at radius 2 is 1.80 bits per heavy atom. The molecule has 2 aromatic rings. The Morgan fingerprint density at radius 1 is 1.15 bits per heavy atom. The number of benzene rings is 2. The van der Waals surface area contributed by atoms with Crippen molar-refractivity contribution >= 4 is 31.5 Å². The van der Waals surface area contributed by atoms with Crippen LogP contribution in [0.15, 0.2) is 51.8 Å². The van der Waals surface area contributed by atoms with Crippen molar-refractivity contribution in [2.75, 3.05) is 12.0 Å². The van der Waals surface area contributed by atoms with Gasteiger partial charge in [0.15, 0.2) is 9.84 Å². The first kappa shape index (κ1) is 14.9. The summed E-state index contributed by atoms with van der Waals surface area (Å²) < 4.78 is 29.2. The van der Waals surface area contributed by atoms with Crippen molar-refractivity contribution in [2.45, 2.75) is 11.5 Å². The highest BCUT2D eigenvalue weighted by Gasteiger charge is 2.08. The summed E-state index contributed by atoms with van der Waals surface area (Å²) in [5.41, 5.74) is 7.38. The van der Waals surface area contributed by atoms with Crippen LogP contribution in [0.1, 0.15) is 5.56 Å². The highest BCUT2D eigenvalue weighted by atomic mass is 79.9. The molecule has 0 saturated heterocycles. The van der Waals surface area contributed by atoms with Gasteiger partial charge in [-0.15, -0.1) is 0 Å². The largest absolute Gasteiger partial charge is 0.489 e. The van der Waals surface area contributed by atoms with E-state index in [9.17, 15) is 8.42 Å². The minimum Gasteiger partial charge on any atom is -0.489 e. The average Bonchev–Trinajstić information content (AvgIpc) is 2.37. The Bertz CT molecular complexity index is 691. The summed E-state index contributed by atoms with van der Waals surface area (Å²) in [5.74, 6) is 0.590. The lowest BCUT2D eigenvalue weighted by molar-refractivity contribution is 0.306. The van der Waals surface area contributed by atoms with E-state index in [4.69, 9.17) is 10.5 Å². The first-order chi connectivity index (χ1) is 9.38. The Balaban J connectivity index is 2.12. The molecule has 0 fully saturated rings. The van der Waals surface area contributed by atoms with E-state index in [-0.39, 0.29) is 4.90 Å². The van der Waals surface area contributed by atoms with E-state index in [0.717, 1.165) is 10.0 Å². The summed E-state index contributed by atoms with van der Waals surface area (Å²) >= 11 is 3.42. The van der Waals surface area contributed by atoms with E-state index in [0.29, 0.717) is 18.0 Å². The van der Waals surface area contributed by atoms with Crippen molar-refractivity contribution in [3.05, 3.63) is 52.5 Å². The molecule has 0 atom stereocenters. The molecule has 6 heteroatoms. The van der Waals surface area contributed by atoms with E-state index in [1.54, 1.807) is 18.2 Å². The third-order valence-electron chi connectivity index (χ3n) is 2.79. The van der Waals surface area contributed by atoms with Crippen molar-refractivity contribution in [3.63, 3.8) is 0 Å². The predicted molar refractivity (Wildman–Crippen MR) is 82.4 cm³/mol. The maximum atomic E-state index is 11.3. The van der Waals surface area contributed by atoms with Gasteiger partial charge in [-0.1, -0.05) is 22.0 Å². The molecule has 4 nitrogen and oxygen atoms in total. The second-order valence-electron chi connectivity index (χ2n) is 4.34. The molecule has 0 aliphatic carbocycles. The average molecular weight is 356 g/mol. The molecule has 20 heavy (non-hydrogen) atoms. The Kier molecular flexibility index (Phi) is 4.35. The molecule has 0 radical (unpaired) electrons. The van der Waals surface area contributed by atoms with Crippen molar-refractivity contribution < 1.29 is 13.2 Å². The van der Waals surface area contributed by atoms with Crippen LogP contribution in [0.4, 0.5) is 5.69 Å². The van der Waals surface area contributed by atoms with Gasteiger partial charge in [-0.05, 0) is 36.4 Å². The molecule has 0 saturated carbocycles. The molecule has 0 unspecified atom stereocenters. The van der Waals surface area contributed by atoms with E-state index in [1.807, 2.05) is 12.1 Å². The summed E-state index contributed by atoms with van der Waals surface area (Å²) in [6, 6.07) is 11.8. The van der Waals surface area contributed by atoms with Gasteiger partial charge in [0.05, 0.1) is 4.90 Å². The molecule has 0 amide bonds. The van der Waals surface area contributed by atoms with Crippen LogP contribution in [0, 0.1) is 0 Å². The molecule has 2 rings (SSSR count). The molecule has 106 valence electrons. The maximum Gasteiger partial charge on any atom is 0.175 e. The van der Waals surface area contributed by atoms with Gasteiger partial charge in [-0.2, -0.15) is 0 Å². The quantitative estimate of drug-likeness (QED) is 0.855. The summed E-state index contributed by atoms with van der Waals surface area (Å²) in [7, 11) is -3.18. The lowest BCUT2D eigenvalue weighted by Crippen LogP contribution is -2.02. The fourth-order valence-electron chi connectivity index (χ4n) is 1.67. The van der Waals surface area contributed by atoms with Crippen LogP contribution in [-0.2, 0) is 16.4 Å². The van der Waals surface area contributed by atoms with Crippen LogP contribution in [-0.4, -0.2) is 14.7 Å². The predicted octanol–water partition coefficient (Wildman–Crippen LogP) is 3.01. The normalized spacial score (nSPS) is 11.3. The zero-order valence-corrected chi connectivity index (χ0v) is 13.2. The number of halogens is 1. The molecule has 0 aliphatic heterocycles. The number of ether oxygens (including phenoxy) is 1. The van der Waals surface area contributed by atoms with Crippen molar-refractivity contribution in [1.29, 1.82) is 0 Å². The number of nitrogen functional groups attached to an aromatic ring is 1. The number of hydrogen-bond donors (Lipinski definition) is 1. The molecule has 0 heterocycles. The zero-order valence-electron chi connectivity index (χ0n) is 10.8.